The van der Waals surface area contributed by atoms with Gasteiger partial charge in [-0.25, -0.2) is 0 Å². The predicted molar refractivity (Wildman–Crippen MR) is 78.1 cm³/mol. The van der Waals surface area contributed by atoms with Gasteiger partial charge in [-0.1, -0.05) is 18.2 Å². The highest BCUT2D eigenvalue weighted by atomic mass is 16.5. The van der Waals surface area contributed by atoms with Crippen molar-refractivity contribution in [1.82, 2.24) is 0 Å². The zero-order valence-corrected chi connectivity index (χ0v) is 12.1. The van der Waals surface area contributed by atoms with E-state index in [0.717, 1.165) is 19.4 Å². The quantitative estimate of drug-likeness (QED) is 0.880. The van der Waals surface area contributed by atoms with Gasteiger partial charge in [0.2, 0.25) is 0 Å². The van der Waals surface area contributed by atoms with E-state index in [1.807, 2.05) is 0 Å². The van der Waals surface area contributed by atoms with E-state index < -0.39 is 0 Å². The van der Waals surface area contributed by atoms with Crippen molar-refractivity contribution in [3.05, 3.63) is 34.9 Å². The average molecular weight is 259 g/mol. The van der Waals surface area contributed by atoms with Crippen molar-refractivity contribution >= 4 is 0 Å². The van der Waals surface area contributed by atoms with Crippen LogP contribution in [0.5, 0.6) is 0 Å². The first-order valence-corrected chi connectivity index (χ1v) is 7.57. The van der Waals surface area contributed by atoms with Crippen LogP contribution >= 0.6 is 0 Å². The molecule has 0 radical (unpaired) electrons. The van der Waals surface area contributed by atoms with Gasteiger partial charge < -0.3 is 10.5 Å². The average Bonchev–Trinajstić information content (AvgIpc) is 2.39. The molecule has 2 aliphatic rings. The molecule has 0 aromatic heterocycles. The monoisotopic (exact) mass is 259 g/mol. The summed E-state index contributed by atoms with van der Waals surface area (Å²) in [5.41, 5.74) is 10.8. The van der Waals surface area contributed by atoms with Gasteiger partial charge in [-0.2, -0.15) is 0 Å². The molecule has 2 fully saturated rings. The molecule has 19 heavy (non-hydrogen) atoms. The third-order valence-electron chi connectivity index (χ3n) is 5.31. The first-order valence-electron chi connectivity index (χ1n) is 7.57. The van der Waals surface area contributed by atoms with Crippen LogP contribution in [0.1, 0.15) is 54.8 Å². The minimum Gasteiger partial charge on any atom is -0.375 e. The molecule has 1 aromatic carbocycles. The van der Waals surface area contributed by atoms with Gasteiger partial charge in [-0.15, -0.1) is 0 Å². The van der Waals surface area contributed by atoms with Gasteiger partial charge in [-0.05, 0) is 68.6 Å². The second-order valence-electron chi connectivity index (χ2n) is 6.45. The standard InChI is InChI=1S/C17H25NO/c1-12-5-3-6-15(13(12)2)16(18)14-7-10-19-17(11-14)8-4-9-17/h3,5-6,14,16H,4,7-11,18H2,1-2H3. The van der Waals surface area contributed by atoms with Crippen LogP contribution in [-0.2, 0) is 4.74 Å². The molecule has 104 valence electrons. The molecule has 2 N–H and O–H groups in total. The smallest absolute Gasteiger partial charge is 0.0686 e. The number of hydrogen-bond donors (Lipinski definition) is 1. The van der Waals surface area contributed by atoms with Gasteiger partial charge in [0.25, 0.3) is 0 Å². The number of aryl methyl sites for hydroxylation is 1. The molecule has 1 saturated carbocycles. The Bertz CT molecular complexity index is 464. The van der Waals surface area contributed by atoms with E-state index in [0.29, 0.717) is 5.92 Å². The van der Waals surface area contributed by atoms with Gasteiger partial charge >= 0.3 is 0 Å². The van der Waals surface area contributed by atoms with Crippen molar-refractivity contribution < 1.29 is 4.74 Å². The normalized spacial score (nSPS) is 27.0. The van der Waals surface area contributed by atoms with Crippen molar-refractivity contribution in [3.8, 4) is 0 Å². The summed E-state index contributed by atoms with van der Waals surface area (Å²) in [7, 11) is 0. The van der Waals surface area contributed by atoms with E-state index in [4.69, 9.17) is 10.5 Å². The Hall–Kier alpha value is -0.860. The highest BCUT2D eigenvalue weighted by Crippen LogP contribution is 2.46. The molecule has 1 aromatic rings. The van der Waals surface area contributed by atoms with Crippen molar-refractivity contribution in [1.29, 1.82) is 0 Å². The molecule has 0 amide bonds. The van der Waals surface area contributed by atoms with Crippen molar-refractivity contribution in [3.63, 3.8) is 0 Å². The van der Waals surface area contributed by atoms with Crippen LogP contribution in [0, 0.1) is 19.8 Å². The summed E-state index contributed by atoms with van der Waals surface area (Å²) in [5, 5.41) is 0. The number of rotatable bonds is 2. The Balaban J connectivity index is 1.79. The van der Waals surface area contributed by atoms with Gasteiger partial charge in [-0.3, -0.25) is 0 Å². The van der Waals surface area contributed by atoms with Crippen molar-refractivity contribution in [2.45, 2.75) is 57.6 Å². The van der Waals surface area contributed by atoms with Crippen LogP contribution in [-0.4, -0.2) is 12.2 Å². The third kappa shape index (κ3) is 2.32. The van der Waals surface area contributed by atoms with Crippen LogP contribution < -0.4 is 5.73 Å². The van der Waals surface area contributed by atoms with Gasteiger partial charge in [0.15, 0.2) is 0 Å². The highest BCUT2D eigenvalue weighted by Gasteiger charge is 2.44. The number of ether oxygens (including phenoxy) is 1. The molecule has 1 spiro atoms. The summed E-state index contributed by atoms with van der Waals surface area (Å²) < 4.78 is 6.02. The lowest BCUT2D eigenvalue weighted by molar-refractivity contribution is -0.146. The fraction of sp³-hybridized carbons (Fsp3) is 0.647. The fourth-order valence-corrected chi connectivity index (χ4v) is 3.68. The maximum Gasteiger partial charge on any atom is 0.0686 e. The summed E-state index contributed by atoms with van der Waals surface area (Å²) in [6.45, 7) is 5.26. The van der Waals surface area contributed by atoms with Crippen molar-refractivity contribution in [2.24, 2.45) is 11.7 Å². The summed E-state index contributed by atoms with van der Waals surface area (Å²) in [6, 6.07) is 6.68. The summed E-state index contributed by atoms with van der Waals surface area (Å²) in [5.74, 6) is 0.578. The number of hydrogen-bond acceptors (Lipinski definition) is 2. The zero-order valence-electron chi connectivity index (χ0n) is 12.1. The fourth-order valence-electron chi connectivity index (χ4n) is 3.68. The van der Waals surface area contributed by atoms with Crippen LogP contribution in [0.25, 0.3) is 0 Å². The molecule has 1 aliphatic carbocycles. The molecular weight excluding hydrogens is 234 g/mol. The van der Waals surface area contributed by atoms with E-state index in [-0.39, 0.29) is 11.6 Å². The second kappa shape index (κ2) is 4.92. The molecule has 2 atom stereocenters. The lowest BCUT2D eigenvalue weighted by Gasteiger charge is -2.48. The Kier molecular flexibility index (Phi) is 3.40. The number of nitrogens with two attached hydrogens (primary N) is 1. The molecule has 0 bridgehead atoms. The lowest BCUT2D eigenvalue weighted by Crippen LogP contribution is -2.47. The third-order valence-corrected chi connectivity index (χ3v) is 5.31. The molecule has 3 rings (SSSR count). The maximum atomic E-state index is 6.58. The first kappa shape index (κ1) is 13.1. The summed E-state index contributed by atoms with van der Waals surface area (Å²) >= 11 is 0. The van der Waals surface area contributed by atoms with E-state index in [1.165, 1.54) is 36.0 Å². The Morgan fingerprint density at radius 3 is 2.79 bits per heavy atom. The largest absolute Gasteiger partial charge is 0.375 e. The molecule has 1 aliphatic heterocycles. The second-order valence-corrected chi connectivity index (χ2v) is 6.45. The lowest BCUT2D eigenvalue weighted by atomic mass is 9.69. The van der Waals surface area contributed by atoms with Crippen LogP contribution in [0.15, 0.2) is 18.2 Å². The van der Waals surface area contributed by atoms with Crippen LogP contribution in [0.3, 0.4) is 0 Å². The first-order chi connectivity index (χ1) is 9.11. The highest BCUT2D eigenvalue weighted by molar-refractivity contribution is 5.35. The topological polar surface area (TPSA) is 35.2 Å². The summed E-state index contributed by atoms with van der Waals surface area (Å²) in [6.07, 6.45) is 6.06. The molecule has 2 unspecified atom stereocenters. The van der Waals surface area contributed by atoms with Gasteiger partial charge in [0.1, 0.15) is 0 Å². The van der Waals surface area contributed by atoms with E-state index >= 15 is 0 Å². The van der Waals surface area contributed by atoms with E-state index in [1.54, 1.807) is 0 Å². The molecule has 1 heterocycles. The minimum atomic E-state index is 0.168. The molecular formula is C17H25NO. The van der Waals surface area contributed by atoms with Crippen LogP contribution in [0.4, 0.5) is 0 Å². The maximum absolute atomic E-state index is 6.58. The molecule has 2 nitrogen and oxygen atoms in total. The SMILES string of the molecule is Cc1cccc(C(N)C2CCOC3(CCC3)C2)c1C. The van der Waals surface area contributed by atoms with Gasteiger partial charge in [0, 0.05) is 12.6 Å². The van der Waals surface area contributed by atoms with E-state index in [9.17, 15) is 0 Å². The predicted octanol–water partition coefficient (Wildman–Crippen LogP) is 3.65. The van der Waals surface area contributed by atoms with Crippen LogP contribution in [0.2, 0.25) is 0 Å². The Morgan fingerprint density at radius 1 is 1.32 bits per heavy atom. The van der Waals surface area contributed by atoms with Crippen molar-refractivity contribution in [2.75, 3.05) is 6.61 Å². The Morgan fingerprint density at radius 2 is 2.11 bits per heavy atom. The Labute approximate surface area is 116 Å². The minimum absolute atomic E-state index is 0.168. The molecule has 2 heteroatoms. The van der Waals surface area contributed by atoms with E-state index in [2.05, 4.69) is 32.0 Å². The zero-order chi connectivity index (χ0) is 13.5. The molecule has 1 saturated heterocycles. The summed E-state index contributed by atoms with van der Waals surface area (Å²) in [4.78, 5) is 0. The van der Waals surface area contributed by atoms with Gasteiger partial charge in [0.05, 0.1) is 5.60 Å². The number of benzene rings is 1.